The van der Waals surface area contributed by atoms with Crippen molar-refractivity contribution in [3.63, 3.8) is 0 Å². The van der Waals surface area contributed by atoms with E-state index in [9.17, 15) is 4.79 Å². The van der Waals surface area contributed by atoms with E-state index in [0.29, 0.717) is 12.5 Å². The number of nitrogens with zero attached hydrogens (tertiary/aromatic N) is 2. The molecule has 24 heavy (non-hydrogen) atoms. The van der Waals surface area contributed by atoms with Crippen LogP contribution in [0.15, 0.2) is 24.3 Å². The predicted molar refractivity (Wildman–Crippen MR) is 96.5 cm³/mol. The summed E-state index contributed by atoms with van der Waals surface area (Å²) in [6, 6.07) is 8.21. The summed E-state index contributed by atoms with van der Waals surface area (Å²) in [5, 5.41) is 2.97. The highest BCUT2D eigenvalue weighted by molar-refractivity contribution is 5.91. The summed E-state index contributed by atoms with van der Waals surface area (Å²) < 4.78 is 5.19. The van der Waals surface area contributed by atoms with Crippen LogP contribution in [-0.2, 0) is 4.79 Å². The van der Waals surface area contributed by atoms with Crippen molar-refractivity contribution in [3.05, 3.63) is 24.3 Å². The topological polar surface area (TPSA) is 44.8 Å². The summed E-state index contributed by atoms with van der Waals surface area (Å²) in [5.41, 5.74) is 0.799. The van der Waals surface area contributed by atoms with E-state index >= 15 is 0 Å². The summed E-state index contributed by atoms with van der Waals surface area (Å²) in [6.07, 6.45) is 5.80. The highest BCUT2D eigenvalue weighted by Gasteiger charge is 2.27. The molecule has 2 fully saturated rings. The zero-order chi connectivity index (χ0) is 16.8. The lowest BCUT2D eigenvalue weighted by atomic mass is 10.0. The first kappa shape index (κ1) is 17.2. The average Bonchev–Trinajstić information content (AvgIpc) is 3.15. The molecule has 0 aromatic heterocycles. The number of benzene rings is 1. The maximum absolute atomic E-state index is 12.2. The van der Waals surface area contributed by atoms with Crippen LogP contribution in [0.4, 0.5) is 5.69 Å². The molecule has 3 rings (SSSR count). The second-order valence-electron chi connectivity index (χ2n) is 6.87. The summed E-state index contributed by atoms with van der Waals surface area (Å²) >= 11 is 0. The molecule has 0 unspecified atom stereocenters. The highest BCUT2D eigenvalue weighted by Crippen LogP contribution is 2.21. The third-order valence-corrected chi connectivity index (χ3v) is 5.15. The van der Waals surface area contributed by atoms with Crippen molar-refractivity contribution in [2.75, 3.05) is 45.2 Å². The molecular weight excluding hydrogens is 302 g/mol. The van der Waals surface area contributed by atoms with Gasteiger partial charge in [-0.3, -0.25) is 9.69 Å². The van der Waals surface area contributed by atoms with Gasteiger partial charge in [-0.25, -0.2) is 0 Å². The molecule has 1 aromatic rings. The third kappa shape index (κ3) is 4.71. The van der Waals surface area contributed by atoms with Gasteiger partial charge in [0.05, 0.1) is 7.11 Å². The number of carbonyl (C=O) groups is 1. The summed E-state index contributed by atoms with van der Waals surface area (Å²) in [5.74, 6) is 0.837. The number of nitrogens with one attached hydrogen (secondary N) is 1. The first-order valence-electron chi connectivity index (χ1n) is 9.15. The average molecular weight is 331 g/mol. The van der Waals surface area contributed by atoms with Crippen LogP contribution in [0.25, 0.3) is 0 Å². The molecule has 1 atom stereocenters. The molecule has 1 aromatic carbocycles. The zero-order valence-corrected chi connectivity index (χ0v) is 14.7. The standard InChI is InChI=1S/C19H29N3O2/c1-24-18-8-4-6-16(14-18)20-19(23)9-13-21-10-5-7-17(15-21)22-11-2-3-12-22/h4,6,8,14,17H,2-3,5,7,9-13,15H2,1H3,(H,20,23)/t17-/m0/s1. The molecule has 132 valence electrons. The number of rotatable bonds is 6. The lowest BCUT2D eigenvalue weighted by Crippen LogP contribution is -2.47. The van der Waals surface area contributed by atoms with Crippen LogP contribution in [0.1, 0.15) is 32.1 Å². The molecule has 0 radical (unpaired) electrons. The second-order valence-corrected chi connectivity index (χ2v) is 6.87. The number of piperidine rings is 1. The quantitative estimate of drug-likeness (QED) is 0.870. The Morgan fingerprint density at radius 2 is 2.08 bits per heavy atom. The molecule has 0 aliphatic carbocycles. The van der Waals surface area contributed by atoms with E-state index in [1.54, 1.807) is 7.11 Å². The zero-order valence-electron chi connectivity index (χ0n) is 14.7. The molecule has 2 aliphatic rings. The van der Waals surface area contributed by atoms with Gasteiger partial charge in [0, 0.05) is 37.3 Å². The first-order valence-corrected chi connectivity index (χ1v) is 9.15. The third-order valence-electron chi connectivity index (χ3n) is 5.15. The van der Waals surface area contributed by atoms with Crippen LogP contribution in [0.2, 0.25) is 0 Å². The van der Waals surface area contributed by atoms with Crippen molar-refractivity contribution >= 4 is 11.6 Å². The van der Waals surface area contributed by atoms with E-state index in [-0.39, 0.29) is 5.91 Å². The van der Waals surface area contributed by atoms with Crippen molar-refractivity contribution in [1.29, 1.82) is 0 Å². The van der Waals surface area contributed by atoms with E-state index in [4.69, 9.17) is 4.74 Å². The molecule has 5 heteroatoms. The van der Waals surface area contributed by atoms with E-state index in [1.807, 2.05) is 24.3 Å². The molecule has 1 amide bonds. The number of hydrogen-bond acceptors (Lipinski definition) is 4. The molecule has 2 saturated heterocycles. The van der Waals surface area contributed by atoms with Crippen molar-refractivity contribution in [2.24, 2.45) is 0 Å². The normalized spacial score (nSPS) is 22.5. The van der Waals surface area contributed by atoms with Gasteiger partial charge < -0.3 is 15.0 Å². The fourth-order valence-corrected chi connectivity index (χ4v) is 3.82. The molecular formula is C19H29N3O2. The molecule has 5 nitrogen and oxygen atoms in total. The molecule has 2 heterocycles. The molecule has 0 spiro atoms. The second kappa shape index (κ2) is 8.49. The maximum atomic E-state index is 12.2. The lowest BCUT2D eigenvalue weighted by Gasteiger charge is -2.37. The Balaban J connectivity index is 1.43. The van der Waals surface area contributed by atoms with Gasteiger partial charge in [0.2, 0.25) is 5.91 Å². The van der Waals surface area contributed by atoms with Crippen LogP contribution in [0, 0.1) is 0 Å². The van der Waals surface area contributed by atoms with Crippen molar-refractivity contribution in [1.82, 2.24) is 9.80 Å². The smallest absolute Gasteiger partial charge is 0.225 e. The Labute approximate surface area is 145 Å². The highest BCUT2D eigenvalue weighted by atomic mass is 16.5. The Kier molecular flexibility index (Phi) is 6.10. The van der Waals surface area contributed by atoms with Crippen LogP contribution in [-0.4, -0.2) is 61.6 Å². The van der Waals surface area contributed by atoms with Crippen LogP contribution >= 0.6 is 0 Å². The minimum Gasteiger partial charge on any atom is -0.497 e. The number of anilines is 1. The van der Waals surface area contributed by atoms with Crippen LogP contribution < -0.4 is 10.1 Å². The molecule has 0 saturated carbocycles. The monoisotopic (exact) mass is 331 g/mol. The van der Waals surface area contributed by atoms with E-state index in [2.05, 4.69) is 15.1 Å². The van der Waals surface area contributed by atoms with Crippen LogP contribution in [0.5, 0.6) is 5.75 Å². The fourth-order valence-electron chi connectivity index (χ4n) is 3.82. The summed E-state index contributed by atoms with van der Waals surface area (Å²) in [7, 11) is 1.63. The Morgan fingerprint density at radius 1 is 1.25 bits per heavy atom. The number of amides is 1. The Morgan fingerprint density at radius 3 is 2.88 bits per heavy atom. The first-order chi connectivity index (χ1) is 11.7. The maximum Gasteiger partial charge on any atom is 0.225 e. The largest absolute Gasteiger partial charge is 0.497 e. The van der Waals surface area contributed by atoms with E-state index in [1.165, 1.54) is 38.8 Å². The van der Waals surface area contributed by atoms with E-state index in [0.717, 1.165) is 31.1 Å². The number of methoxy groups -OCH3 is 1. The van der Waals surface area contributed by atoms with Gasteiger partial charge in [-0.1, -0.05) is 6.07 Å². The summed E-state index contributed by atoms with van der Waals surface area (Å²) in [4.78, 5) is 17.3. The summed E-state index contributed by atoms with van der Waals surface area (Å²) in [6.45, 7) is 5.60. The van der Waals surface area contributed by atoms with Crippen molar-refractivity contribution in [2.45, 2.75) is 38.1 Å². The minimum atomic E-state index is 0.0755. The lowest BCUT2D eigenvalue weighted by molar-refractivity contribution is -0.116. The number of ether oxygens (including phenoxy) is 1. The SMILES string of the molecule is COc1cccc(NC(=O)CCN2CCC[C@H](N3CCCC3)C2)c1. The Bertz CT molecular complexity index is 543. The van der Waals surface area contributed by atoms with Gasteiger partial charge in [-0.2, -0.15) is 0 Å². The number of hydrogen-bond donors (Lipinski definition) is 1. The van der Waals surface area contributed by atoms with Gasteiger partial charge in [0.15, 0.2) is 0 Å². The van der Waals surface area contributed by atoms with Gasteiger partial charge in [0.25, 0.3) is 0 Å². The van der Waals surface area contributed by atoms with Gasteiger partial charge in [-0.15, -0.1) is 0 Å². The predicted octanol–water partition coefficient (Wildman–Crippen LogP) is 2.58. The molecule has 2 aliphatic heterocycles. The van der Waals surface area contributed by atoms with Gasteiger partial charge in [0.1, 0.15) is 5.75 Å². The number of carbonyl (C=O) groups excluding carboxylic acids is 1. The number of likely N-dealkylation sites (tertiary alicyclic amines) is 2. The van der Waals surface area contributed by atoms with Gasteiger partial charge >= 0.3 is 0 Å². The Hall–Kier alpha value is -1.59. The molecule has 1 N–H and O–H groups in total. The van der Waals surface area contributed by atoms with Gasteiger partial charge in [-0.05, 0) is 57.5 Å². The van der Waals surface area contributed by atoms with E-state index < -0.39 is 0 Å². The molecule has 0 bridgehead atoms. The van der Waals surface area contributed by atoms with Crippen LogP contribution in [0.3, 0.4) is 0 Å². The minimum absolute atomic E-state index is 0.0755. The fraction of sp³-hybridized carbons (Fsp3) is 0.632. The van der Waals surface area contributed by atoms with Crippen molar-refractivity contribution < 1.29 is 9.53 Å². The van der Waals surface area contributed by atoms with Crippen molar-refractivity contribution in [3.8, 4) is 5.75 Å².